The molecule has 0 aliphatic carbocycles. The molecule has 0 spiro atoms. The molecule has 84 valence electrons. The quantitative estimate of drug-likeness (QED) is 0.545. The minimum absolute atomic E-state index is 0.0138. The minimum Gasteiger partial charge on any atom is -0.331 e. The first-order chi connectivity index (χ1) is 6.94. The molecule has 1 saturated heterocycles. The topological polar surface area (TPSA) is 54.5 Å². The third-order valence-electron chi connectivity index (χ3n) is 2.26. The molecular weight excluding hydrogens is 214 g/mol. The van der Waals surface area contributed by atoms with Crippen LogP contribution >= 0.6 is 0 Å². The molecule has 0 bridgehead atoms. The van der Waals surface area contributed by atoms with Crippen molar-refractivity contribution in [2.75, 3.05) is 24.6 Å². The molecule has 1 aliphatic heterocycles. The Morgan fingerprint density at radius 3 is 2.73 bits per heavy atom. The molecule has 5 heteroatoms. The van der Waals surface area contributed by atoms with Crippen LogP contribution in [0.4, 0.5) is 0 Å². The van der Waals surface area contributed by atoms with E-state index in [1.165, 1.54) is 4.90 Å². The standard InChI is InChI=1S/C10H15NO3S/c1-3-4-10(12)11-5-6-15(13,14)8-9(2)7-11/h9H,5-8H2,1-2H3. The van der Waals surface area contributed by atoms with E-state index in [1.807, 2.05) is 6.92 Å². The zero-order valence-corrected chi connectivity index (χ0v) is 9.80. The van der Waals surface area contributed by atoms with Gasteiger partial charge in [-0.2, -0.15) is 0 Å². The van der Waals surface area contributed by atoms with Crippen LogP contribution in [0, 0.1) is 17.8 Å². The van der Waals surface area contributed by atoms with E-state index in [0.717, 1.165) is 0 Å². The number of amides is 1. The van der Waals surface area contributed by atoms with Crippen molar-refractivity contribution in [1.82, 2.24) is 4.90 Å². The Labute approximate surface area is 90.6 Å². The minimum atomic E-state index is -2.99. The Bertz CT molecular complexity index is 402. The number of carbonyl (C=O) groups excluding carboxylic acids is 1. The van der Waals surface area contributed by atoms with E-state index < -0.39 is 9.84 Å². The smallest absolute Gasteiger partial charge is 0.298 e. The van der Waals surface area contributed by atoms with Crippen molar-refractivity contribution < 1.29 is 13.2 Å². The first-order valence-electron chi connectivity index (χ1n) is 4.86. The van der Waals surface area contributed by atoms with Gasteiger partial charge in [0.1, 0.15) is 0 Å². The lowest BCUT2D eigenvalue weighted by atomic mass is 10.2. The molecule has 15 heavy (non-hydrogen) atoms. The summed E-state index contributed by atoms with van der Waals surface area (Å²) in [5.41, 5.74) is 0. The fourth-order valence-corrected chi connectivity index (χ4v) is 3.29. The Balaban J connectivity index is 2.78. The normalized spacial score (nSPS) is 24.9. The van der Waals surface area contributed by atoms with Crippen LogP contribution in [0.5, 0.6) is 0 Å². The highest BCUT2D eigenvalue weighted by atomic mass is 32.2. The molecule has 1 rings (SSSR count). The predicted molar refractivity (Wildman–Crippen MR) is 57.8 cm³/mol. The second-order valence-electron chi connectivity index (χ2n) is 3.85. The molecular formula is C10H15NO3S. The van der Waals surface area contributed by atoms with Crippen LogP contribution in [0.25, 0.3) is 0 Å². The molecule has 1 atom stereocenters. The molecule has 1 amide bonds. The van der Waals surface area contributed by atoms with E-state index in [4.69, 9.17) is 0 Å². The van der Waals surface area contributed by atoms with Gasteiger partial charge in [-0.15, -0.1) is 0 Å². The highest BCUT2D eigenvalue weighted by Crippen LogP contribution is 2.10. The molecule has 1 fully saturated rings. The molecule has 0 radical (unpaired) electrons. The van der Waals surface area contributed by atoms with Crippen molar-refractivity contribution in [3.8, 4) is 11.8 Å². The van der Waals surface area contributed by atoms with Crippen molar-refractivity contribution in [2.45, 2.75) is 13.8 Å². The van der Waals surface area contributed by atoms with Crippen LogP contribution in [-0.4, -0.2) is 43.8 Å². The summed E-state index contributed by atoms with van der Waals surface area (Å²) in [5.74, 6) is 4.89. The van der Waals surface area contributed by atoms with Gasteiger partial charge in [-0.1, -0.05) is 12.8 Å². The maximum absolute atomic E-state index is 11.5. The van der Waals surface area contributed by atoms with E-state index in [1.54, 1.807) is 6.92 Å². The van der Waals surface area contributed by atoms with E-state index >= 15 is 0 Å². The second-order valence-corrected chi connectivity index (χ2v) is 6.07. The number of nitrogens with zero attached hydrogens (tertiary/aromatic N) is 1. The summed E-state index contributed by atoms with van der Waals surface area (Å²) in [6.07, 6.45) is 0. The van der Waals surface area contributed by atoms with Gasteiger partial charge < -0.3 is 4.90 Å². The Morgan fingerprint density at radius 1 is 1.47 bits per heavy atom. The molecule has 0 saturated carbocycles. The number of hydrogen-bond donors (Lipinski definition) is 0. The predicted octanol–water partition coefficient (Wildman–Crippen LogP) is -0.0972. The molecule has 0 N–H and O–H groups in total. The molecule has 0 aromatic rings. The van der Waals surface area contributed by atoms with Crippen LogP contribution in [0.2, 0.25) is 0 Å². The van der Waals surface area contributed by atoms with Crippen LogP contribution in [0.3, 0.4) is 0 Å². The van der Waals surface area contributed by atoms with E-state index in [0.29, 0.717) is 6.54 Å². The van der Waals surface area contributed by atoms with Gasteiger partial charge in [-0.05, 0) is 18.8 Å². The fourth-order valence-electron chi connectivity index (χ4n) is 1.66. The third kappa shape index (κ3) is 3.56. The summed E-state index contributed by atoms with van der Waals surface area (Å²) >= 11 is 0. The van der Waals surface area contributed by atoms with Crippen LogP contribution in [0.1, 0.15) is 13.8 Å². The zero-order valence-electron chi connectivity index (χ0n) is 8.99. The summed E-state index contributed by atoms with van der Waals surface area (Å²) in [5, 5.41) is 0. The van der Waals surface area contributed by atoms with Crippen molar-refractivity contribution in [1.29, 1.82) is 0 Å². The Morgan fingerprint density at radius 2 is 2.13 bits per heavy atom. The number of rotatable bonds is 0. The van der Waals surface area contributed by atoms with Gasteiger partial charge >= 0.3 is 0 Å². The van der Waals surface area contributed by atoms with Gasteiger partial charge in [-0.3, -0.25) is 4.79 Å². The molecule has 4 nitrogen and oxygen atoms in total. The molecule has 1 unspecified atom stereocenters. The van der Waals surface area contributed by atoms with Crippen LogP contribution in [0.15, 0.2) is 0 Å². The highest BCUT2D eigenvalue weighted by molar-refractivity contribution is 7.91. The van der Waals surface area contributed by atoms with Gasteiger partial charge in [0.2, 0.25) is 0 Å². The van der Waals surface area contributed by atoms with Gasteiger partial charge in [0.25, 0.3) is 5.91 Å². The number of sulfone groups is 1. The second kappa shape index (κ2) is 4.67. The summed E-state index contributed by atoms with van der Waals surface area (Å²) in [6, 6.07) is 0. The lowest BCUT2D eigenvalue weighted by Gasteiger charge is -2.18. The van der Waals surface area contributed by atoms with Gasteiger partial charge in [-0.25, -0.2) is 8.42 Å². The van der Waals surface area contributed by atoms with Crippen molar-refractivity contribution in [2.24, 2.45) is 5.92 Å². The lowest BCUT2D eigenvalue weighted by Crippen LogP contribution is -2.34. The average molecular weight is 229 g/mol. The summed E-state index contributed by atoms with van der Waals surface area (Å²) in [7, 11) is -2.99. The SMILES string of the molecule is CC#CC(=O)N1CCS(=O)(=O)CC(C)C1. The van der Waals surface area contributed by atoms with E-state index in [2.05, 4.69) is 11.8 Å². The largest absolute Gasteiger partial charge is 0.331 e. The maximum Gasteiger partial charge on any atom is 0.298 e. The van der Waals surface area contributed by atoms with Crippen LogP contribution < -0.4 is 0 Å². The maximum atomic E-state index is 11.5. The fraction of sp³-hybridized carbons (Fsp3) is 0.700. The Hall–Kier alpha value is -1.02. The van der Waals surface area contributed by atoms with Gasteiger partial charge in [0.15, 0.2) is 9.84 Å². The number of carbonyl (C=O) groups is 1. The highest BCUT2D eigenvalue weighted by Gasteiger charge is 2.25. The summed E-state index contributed by atoms with van der Waals surface area (Å²) < 4.78 is 22.9. The monoisotopic (exact) mass is 229 g/mol. The zero-order chi connectivity index (χ0) is 11.5. The third-order valence-corrected chi connectivity index (χ3v) is 4.14. The summed E-state index contributed by atoms with van der Waals surface area (Å²) in [4.78, 5) is 13.0. The van der Waals surface area contributed by atoms with Gasteiger partial charge in [0, 0.05) is 13.1 Å². The van der Waals surface area contributed by atoms with Crippen molar-refractivity contribution in [3.63, 3.8) is 0 Å². The summed E-state index contributed by atoms with van der Waals surface area (Å²) in [6.45, 7) is 4.17. The molecule has 1 heterocycles. The van der Waals surface area contributed by atoms with E-state index in [-0.39, 0.29) is 29.9 Å². The molecule has 0 aromatic heterocycles. The lowest BCUT2D eigenvalue weighted by molar-refractivity contribution is -0.125. The van der Waals surface area contributed by atoms with Crippen molar-refractivity contribution in [3.05, 3.63) is 0 Å². The first-order valence-corrected chi connectivity index (χ1v) is 6.69. The van der Waals surface area contributed by atoms with E-state index in [9.17, 15) is 13.2 Å². The van der Waals surface area contributed by atoms with Gasteiger partial charge in [0.05, 0.1) is 11.5 Å². The Kier molecular flexibility index (Phi) is 3.75. The number of hydrogen-bond acceptors (Lipinski definition) is 3. The van der Waals surface area contributed by atoms with Crippen molar-refractivity contribution >= 4 is 15.7 Å². The first kappa shape index (κ1) is 12.1. The molecule has 1 aliphatic rings. The average Bonchev–Trinajstić information content (AvgIpc) is 2.23. The molecule has 0 aromatic carbocycles. The van der Waals surface area contributed by atoms with Crippen LogP contribution in [-0.2, 0) is 14.6 Å².